The second-order valence-electron chi connectivity index (χ2n) is 16.2. The Hall–Kier alpha value is -4.62. The summed E-state index contributed by atoms with van der Waals surface area (Å²) in [4.78, 5) is 110. The summed E-state index contributed by atoms with van der Waals surface area (Å²) >= 11 is 3.73. The van der Waals surface area contributed by atoms with Crippen molar-refractivity contribution >= 4 is 89.0 Å². The fourth-order valence-electron chi connectivity index (χ4n) is 8.09. The molecule has 69 heavy (non-hydrogen) atoms. The molecule has 1 aromatic rings. The maximum atomic E-state index is 12.5. The van der Waals surface area contributed by atoms with Crippen LogP contribution in [-0.2, 0) is 117 Å². The maximum absolute atomic E-state index is 12.5. The molecule has 0 spiro atoms. The molecule has 0 aliphatic carbocycles. The number of esters is 9. The van der Waals surface area contributed by atoms with Crippen molar-refractivity contribution in [3.8, 4) is 0 Å². The fourth-order valence-corrected chi connectivity index (χ4v) is 12.1. The molecule has 0 N–H and O–H groups in total. The zero-order valence-electron chi connectivity index (χ0n) is 40.5. The highest BCUT2D eigenvalue weighted by atomic mass is 32.2. The van der Waals surface area contributed by atoms with Gasteiger partial charge >= 0.3 is 53.7 Å². The van der Waals surface area contributed by atoms with Crippen LogP contribution in [-0.4, -0.2) is 145 Å². The van der Waals surface area contributed by atoms with Gasteiger partial charge in [-0.3, -0.25) is 43.2 Å². The molecule has 21 nitrogen and oxygen atoms in total. The molecule has 3 aliphatic rings. The molecule has 12 atom stereocenters. The number of ether oxygens (including phenoxy) is 12. The Labute approximate surface area is 412 Å². The molecule has 384 valence electrons. The lowest BCUT2D eigenvalue weighted by Gasteiger charge is -2.40. The average molecular weight is 1030 g/mol. The van der Waals surface area contributed by atoms with Gasteiger partial charge in [-0.1, -0.05) is 0 Å². The van der Waals surface area contributed by atoms with Crippen molar-refractivity contribution in [2.45, 2.75) is 172 Å². The second-order valence-corrected chi connectivity index (χ2v) is 19.5. The normalized spacial score (nSPS) is 27.7. The molecule has 24 heteroatoms. The minimum absolute atomic E-state index is 0.183. The largest absolute Gasteiger partial charge is 0.456 e. The molecule has 3 fully saturated rings. The molecular weight excluding hydrogens is 973 g/mol. The Morgan fingerprint density at radius 2 is 0.536 bits per heavy atom. The summed E-state index contributed by atoms with van der Waals surface area (Å²) in [6, 6.07) is 0. The quantitative estimate of drug-likeness (QED) is 0.150. The summed E-state index contributed by atoms with van der Waals surface area (Å²) in [5.41, 5.74) is 2.16. The Balaban J connectivity index is 1.79. The number of hydrogen-bond acceptors (Lipinski definition) is 24. The molecule has 3 heterocycles. The van der Waals surface area contributed by atoms with E-state index in [0.717, 1.165) is 33.4 Å². The van der Waals surface area contributed by atoms with E-state index in [9.17, 15) is 43.2 Å². The zero-order chi connectivity index (χ0) is 51.4. The first-order chi connectivity index (χ1) is 32.4. The van der Waals surface area contributed by atoms with E-state index in [1.165, 1.54) is 97.6 Å². The number of rotatable bonds is 18. The topological polar surface area (TPSA) is 264 Å². The standard InChI is InChI=1S/C45H60O21S3/c1-19-31(16-67-43-40(64-28(10)52)37(61-25(7)49)34(13-55-43)58-22(4)46)20(2)33(18-69-45-42(66-30(12)54)39(63-27(9)51)36(15-57-45)60-24(6)48)21(3)32(19)17-68-44-41(65-29(11)53)38(62-26(8)50)35(14-56-44)59-23(5)47/h34-45H,13-18H2,1-12H3/t34-,35-,36-,37+,38+,39+,40-,41-,42-,43+,44+,45+/m1/s1. The van der Waals surface area contributed by atoms with E-state index >= 15 is 0 Å². The minimum Gasteiger partial charge on any atom is -0.456 e. The van der Waals surface area contributed by atoms with Gasteiger partial charge in [0, 0.05) is 79.6 Å². The van der Waals surface area contributed by atoms with Crippen LogP contribution in [0.3, 0.4) is 0 Å². The summed E-state index contributed by atoms with van der Waals surface area (Å²) in [6.07, 6.45) is -10.4. The molecular formula is C45H60O21S3. The van der Waals surface area contributed by atoms with E-state index in [1.807, 2.05) is 20.8 Å². The number of benzene rings is 1. The van der Waals surface area contributed by atoms with E-state index in [-0.39, 0.29) is 37.1 Å². The van der Waals surface area contributed by atoms with Crippen molar-refractivity contribution in [2.75, 3.05) is 19.8 Å². The van der Waals surface area contributed by atoms with Gasteiger partial charge in [-0.05, 0) is 54.2 Å². The molecule has 3 aliphatic heterocycles. The molecule has 4 rings (SSSR count). The predicted molar refractivity (Wildman–Crippen MR) is 244 cm³/mol. The SMILES string of the molecule is CC(=O)O[C@@H]1[C@@H](OC(C)=O)[C@H](SCc2c(C)c(CS[C@@H]3OC[C@@H](OC(C)=O)[C@H](OC(C)=O)[C@H]3OC(C)=O)c(C)c(CS[C@@H]3OC[C@@H](OC(C)=O)[C@H](OC(C)=O)[C@H]3OC(C)=O)c2C)OC[C@H]1OC(C)=O. The summed E-state index contributed by atoms with van der Waals surface area (Å²) in [5.74, 6) is -5.51. The molecule has 0 radical (unpaired) electrons. The van der Waals surface area contributed by atoms with E-state index in [0.29, 0.717) is 0 Å². The lowest BCUT2D eigenvalue weighted by molar-refractivity contribution is -0.213. The van der Waals surface area contributed by atoms with E-state index < -0.39 is 125 Å². The summed E-state index contributed by atoms with van der Waals surface area (Å²) < 4.78 is 68.4. The van der Waals surface area contributed by atoms with E-state index in [4.69, 9.17) is 56.8 Å². The summed E-state index contributed by atoms with van der Waals surface area (Å²) in [7, 11) is 0. The zero-order valence-corrected chi connectivity index (χ0v) is 42.9. The van der Waals surface area contributed by atoms with Crippen LogP contribution >= 0.6 is 35.3 Å². The highest BCUT2D eigenvalue weighted by molar-refractivity contribution is 7.99. The third kappa shape index (κ3) is 16.2. The lowest BCUT2D eigenvalue weighted by Crippen LogP contribution is -2.56. The predicted octanol–water partition coefficient (Wildman–Crippen LogP) is 3.77. The molecule has 0 aromatic heterocycles. The number of hydrogen-bond donors (Lipinski definition) is 0. The first-order valence-electron chi connectivity index (χ1n) is 21.7. The van der Waals surface area contributed by atoms with Gasteiger partial charge in [0.15, 0.2) is 54.9 Å². The first-order valence-corrected chi connectivity index (χ1v) is 24.9. The average Bonchev–Trinajstić information content (AvgIpc) is 3.21. The Kier molecular flexibility index (Phi) is 21.5. The smallest absolute Gasteiger partial charge is 0.303 e. The van der Waals surface area contributed by atoms with Crippen molar-refractivity contribution < 1.29 is 100.0 Å². The van der Waals surface area contributed by atoms with Gasteiger partial charge in [-0.15, -0.1) is 35.3 Å². The first kappa shape index (κ1) is 57.0. The van der Waals surface area contributed by atoms with Crippen LogP contribution in [0.5, 0.6) is 0 Å². The lowest BCUT2D eigenvalue weighted by atomic mass is 9.90. The van der Waals surface area contributed by atoms with Crippen LogP contribution in [0.2, 0.25) is 0 Å². The van der Waals surface area contributed by atoms with Gasteiger partial charge in [0.25, 0.3) is 0 Å². The van der Waals surface area contributed by atoms with E-state index in [1.54, 1.807) is 0 Å². The summed E-state index contributed by atoms with van der Waals surface area (Å²) in [5, 5.41) is 0. The Morgan fingerprint density at radius 1 is 0.348 bits per heavy atom. The van der Waals surface area contributed by atoms with Crippen LogP contribution in [0, 0.1) is 20.8 Å². The molecule has 0 unspecified atom stereocenters. The van der Waals surface area contributed by atoms with Gasteiger partial charge in [-0.25, -0.2) is 0 Å². The van der Waals surface area contributed by atoms with Gasteiger partial charge in [0.1, 0.15) is 16.3 Å². The van der Waals surface area contributed by atoms with Crippen LogP contribution in [0.1, 0.15) is 95.7 Å². The van der Waals surface area contributed by atoms with Gasteiger partial charge in [-0.2, -0.15) is 0 Å². The second kappa shape index (κ2) is 26.0. The van der Waals surface area contributed by atoms with Gasteiger partial charge in [0.2, 0.25) is 0 Å². The van der Waals surface area contributed by atoms with E-state index in [2.05, 4.69) is 0 Å². The van der Waals surface area contributed by atoms with Crippen LogP contribution in [0.15, 0.2) is 0 Å². The van der Waals surface area contributed by atoms with Gasteiger partial charge in [0.05, 0.1) is 19.8 Å². The highest BCUT2D eigenvalue weighted by Crippen LogP contribution is 2.41. The number of carbonyl (C=O) groups excluding carboxylic acids is 9. The van der Waals surface area contributed by atoms with Crippen LogP contribution in [0.25, 0.3) is 0 Å². The van der Waals surface area contributed by atoms with Crippen molar-refractivity contribution in [3.05, 3.63) is 33.4 Å². The molecule has 0 amide bonds. The van der Waals surface area contributed by atoms with Crippen LogP contribution < -0.4 is 0 Å². The van der Waals surface area contributed by atoms with Crippen molar-refractivity contribution in [1.82, 2.24) is 0 Å². The molecule has 1 aromatic carbocycles. The third-order valence-electron chi connectivity index (χ3n) is 10.8. The number of carbonyl (C=O) groups is 9. The third-order valence-corrected chi connectivity index (χ3v) is 14.4. The number of thioether (sulfide) groups is 3. The maximum Gasteiger partial charge on any atom is 0.303 e. The van der Waals surface area contributed by atoms with Crippen molar-refractivity contribution in [3.63, 3.8) is 0 Å². The van der Waals surface area contributed by atoms with Crippen molar-refractivity contribution in [1.29, 1.82) is 0 Å². The Bertz CT molecular complexity index is 1850. The fraction of sp³-hybridized carbons (Fsp3) is 0.667. The van der Waals surface area contributed by atoms with Gasteiger partial charge < -0.3 is 56.8 Å². The van der Waals surface area contributed by atoms with Crippen molar-refractivity contribution in [2.24, 2.45) is 0 Å². The Morgan fingerprint density at radius 3 is 0.725 bits per heavy atom. The molecule has 3 saturated heterocycles. The minimum atomic E-state index is -1.20. The highest BCUT2D eigenvalue weighted by Gasteiger charge is 2.50. The molecule has 0 saturated carbocycles. The summed E-state index contributed by atoms with van der Waals surface area (Å²) in [6.45, 7) is 15.8. The monoisotopic (exact) mass is 1030 g/mol. The molecule has 0 bridgehead atoms. The van der Waals surface area contributed by atoms with Crippen LogP contribution in [0.4, 0.5) is 0 Å².